The van der Waals surface area contributed by atoms with E-state index in [-0.39, 0.29) is 5.69 Å². The Hall–Kier alpha value is -1.47. The third-order valence-corrected chi connectivity index (χ3v) is 3.31. The van der Waals surface area contributed by atoms with E-state index in [0.29, 0.717) is 30.2 Å². The summed E-state index contributed by atoms with van der Waals surface area (Å²) in [6.07, 6.45) is 4.13. The molecular weight excluding hydrogens is 344 g/mol. The highest BCUT2D eigenvalue weighted by atomic mass is 79.9. The highest BCUT2D eigenvalue weighted by Gasteiger charge is 2.13. The molecule has 0 fully saturated rings. The van der Waals surface area contributed by atoms with Gasteiger partial charge in [-0.15, -0.1) is 0 Å². The molecule has 21 heavy (non-hydrogen) atoms. The van der Waals surface area contributed by atoms with Crippen LogP contribution in [-0.2, 0) is 11.3 Å². The first kappa shape index (κ1) is 15.9. The standard InChI is InChI=1S/C14H16BrF2N3O/c1-2-21-7-3-5-20-6-4-18-14(20)19-13-11(16)8-10(15)9-12(13)17/h4,6,8-9H,2-3,5,7H2,1H3,(H,18,19). The van der Waals surface area contributed by atoms with E-state index in [0.717, 1.165) is 6.42 Å². The summed E-state index contributed by atoms with van der Waals surface area (Å²) in [5, 5.41) is 2.70. The number of benzene rings is 1. The molecule has 0 aliphatic carbocycles. The normalized spacial score (nSPS) is 10.9. The van der Waals surface area contributed by atoms with Gasteiger partial charge in [0.05, 0.1) is 0 Å². The fourth-order valence-electron chi connectivity index (χ4n) is 1.87. The zero-order valence-electron chi connectivity index (χ0n) is 11.6. The Morgan fingerprint density at radius 3 is 2.71 bits per heavy atom. The van der Waals surface area contributed by atoms with Crippen molar-refractivity contribution in [3.05, 3.63) is 40.6 Å². The van der Waals surface area contributed by atoms with E-state index in [1.54, 1.807) is 17.0 Å². The molecule has 0 saturated heterocycles. The summed E-state index contributed by atoms with van der Waals surface area (Å²) in [5.41, 5.74) is -0.213. The van der Waals surface area contributed by atoms with E-state index < -0.39 is 11.6 Å². The molecular formula is C14H16BrF2N3O. The lowest BCUT2D eigenvalue weighted by atomic mass is 10.3. The fraction of sp³-hybridized carbons (Fsp3) is 0.357. The van der Waals surface area contributed by atoms with Gasteiger partial charge < -0.3 is 14.6 Å². The van der Waals surface area contributed by atoms with E-state index in [1.807, 2.05) is 6.92 Å². The second-order valence-electron chi connectivity index (χ2n) is 4.36. The molecule has 0 spiro atoms. The minimum absolute atomic E-state index is 0.213. The van der Waals surface area contributed by atoms with Crippen LogP contribution in [0.2, 0.25) is 0 Å². The number of rotatable bonds is 7. The number of aryl methyl sites for hydroxylation is 1. The number of halogens is 3. The summed E-state index contributed by atoms with van der Waals surface area (Å²) < 4.78 is 35.0. The summed E-state index contributed by atoms with van der Waals surface area (Å²) in [4.78, 5) is 4.08. The van der Waals surface area contributed by atoms with E-state index in [4.69, 9.17) is 4.74 Å². The van der Waals surface area contributed by atoms with E-state index >= 15 is 0 Å². The summed E-state index contributed by atoms with van der Waals surface area (Å²) in [6.45, 7) is 3.89. The molecule has 0 radical (unpaired) electrons. The third-order valence-electron chi connectivity index (χ3n) is 2.85. The lowest BCUT2D eigenvalue weighted by molar-refractivity contribution is 0.142. The van der Waals surface area contributed by atoms with Gasteiger partial charge in [0, 0.05) is 36.6 Å². The first-order valence-electron chi connectivity index (χ1n) is 6.62. The topological polar surface area (TPSA) is 39.1 Å². The van der Waals surface area contributed by atoms with Crippen LogP contribution in [0, 0.1) is 11.6 Å². The summed E-state index contributed by atoms with van der Waals surface area (Å²) >= 11 is 3.05. The van der Waals surface area contributed by atoms with Gasteiger partial charge >= 0.3 is 0 Å². The van der Waals surface area contributed by atoms with Crippen molar-refractivity contribution in [1.82, 2.24) is 9.55 Å². The molecule has 2 rings (SSSR count). The maximum atomic E-state index is 13.8. The summed E-state index contributed by atoms with van der Waals surface area (Å²) in [7, 11) is 0. The van der Waals surface area contributed by atoms with E-state index in [2.05, 4.69) is 26.2 Å². The Morgan fingerprint density at radius 2 is 2.05 bits per heavy atom. The molecule has 0 amide bonds. The number of hydrogen-bond acceptors (Lipinski definition) is 3. The largest absolute Gasteiger partial charge is 0.382 e. The second kappa shape index (κ2) is 7.51. The van der Waals surface area contributed by atoms with Gasteiger partial charge in [0.25, 0.3) is 0 Å². The van der Waals surface area contributed by atoms with Gasteiger partial charge in [-0.1, -0.05) is 15.9 Å². The average Bonchev–Trinajstić information content (AvgIpc) is 2.86. The molecule has 0 aliphatic rings. The van der Waals surface area contributed by atoms with Gasteiger partial charge in [-0.05, 0) is 25.5 Å². The van der Waals surface area contributed by atoms with Crippen molar-refractivity contribution >= 4 is 27.6 Å². The molecule has 7 heteroatoms. The lowest BCUT2D eigenvalue weighted by Gasteiger charge is -2.11. The van der Waals surface area contributed by atoms with Gasteiger partial charge in [-0.25, -0.2) is 13.8 Å². The van der Waals surface area contributed by atoms with Crippen molar-refractivity contribution in [2.45, 2.75) is 19.9 Å². The van der Waals surface area contributed by atoms with Crippen molar-refractivity contribution in [1.29, 1.82) is 0 Å². The van der Waals surface area contributed by atoms with Gasteiger partial charge in [-0.2, -0.15) is 0 Å². The molecule has 114 valence electrons. The smallest absolute Gasteiger partial charge is 0.207 e. The maximum Gasteiger partial charge on any atom is 0.207 e. The van der Waals surface area contributed by atoms with Crippen molar-refractivity contribution in [3.8, 4) is 0 Å². The van der Waals surface area contributed by atoms with Crippen LogP contribution < -0.4 is 5.32 Å². The highest BCUT2D eigenvalue weighted by molar-refractivity contribution is 9.10. The van der Waals surface area contributed by atoms with Gasteiger partial charge in [-0.3, -0.25) is 0 Å². The SMILES string of the molecule is CCOCCCn1ccnc1Nc1c(F)cc(Br)cc1F. The first-order valence-corrected chi connectivity index (χ1v) is 7.41. The monoisotopic (exact) mass is 359 g/mol. The van der Waals surface area contributed by atoms with E-state index in [9.17, 15) is 8.78 Å². The predicted molar refractivity (Wildman–Crippen MR) is 80.7 cm³/mol. The Bertz CT molecular complexity index is 581. The molecule has 2 aromatic rings. The molecule has 0 saturated carbocycles. The molecule has 0 atom stereocenters. The first-order chi connectivity index (χ1) is 10.1. The number of nitrogens with one attached hydrogen (secondary N) is 1. The molecule has 4 nitrogen and oxygen atoms in total. The number of nitrogens with zero attached hydrogens (tertiary/aromatic N) is 2. The molecule has 0 unspecified atom stereocenters. The van der Waals surface area contributed by atoms with Crippen LogP contribution in [0.1, 0.15) is 13.3 Å². The van der Waals surface area contributed by atoms with Crippen molar-refractivity contribution in [2.75, 3.05) is 18.5 Å². The Kier molecular flexibility index (Phi) is 5.69. The van der Waals surface area contributed by atoms with Crippen LogP contribution in [0.4, 0.5) is 20.4 Å². The zero-order valence-corrected chi connectivity index (χ0v) is 13.2. The van der Waals surface area contributed by atoms with Gasteiger partial charge in [0.1, 0.15) is 5.69 Å². The average molecular weight is 360 g/mol. The van der Waals surface area contributed by atoms with Crippen molar-refractivity contribution in [3.63, 3.8) is 0 Å². The molecule has 1 N–H and O–H groups in total. The number of anilines is 2. The van der Waals surface area contributed by atoms with Crippen LogP contribution in [0.3, 0.4) is 0 Å². The second-order valence-corrected chi connectivity index (χ2v) is 5.28. The summed E-state index contributed by atoms with van der Waals surface area (Å²) in [6, 6.07) is 2.40. The summed E-state index contributed by atoms with van der Waals surface area (Å²) in [5.74, 6) is -0.955. The number of imidazole rings is 1. The molecule has 0 aliphatic heterocycles. The Morgan fingerprint density at radius 1 is 1.33 bits per heavy atom. The van der Waals surface area contributed by atoms with E-state index in [1.165, 1.54) is 12.1 Å². The van der Waals surface area contributed by atoms with Crippen molar-refractivity contribution in [2.24, 2.45) is 0 Å². The highest BCUT2D eigenvalue weighted by Crippen LogP contribution is 2.26. The molecule has 1 heterocycles. The molecule has 1 aromatic carbocycles. The van der Waals surface area contributed by atoms with Crippen LogP contribution >= 0.6 is 15.9 Å². The van der Waals surface area contributed by atoms with Gasteiger partial charge in [0.2, 0.25) is 5.95 Å². The number of hydrogen-bond donors (Lipinski definition) is 1. The zero-order chi connectivity index (χ0) is 15.2. The number of aromatic nitrogens is 2. The number of ether oxygens (including phenoxy) is 1. The van der Waals surface area contributed by atoms with Gasteiger partial charge in [0.15, 0.2) is 11.6 Å². The Balaban J connectivity index is 2.09. The van der Waals surface area contributed by atoms with Crippen LogP contribution in [0.25, 0.3) is 0 Å². The molecule has 1 aromatic heterocycles. The minimum Gasteiger partial charge on any atom is -0.382 e. The molecule has 0 bridgehead atoms. The maximum absolute atomic E-state index is 13.8. The Labute approximate surface area is 130 Å². The van der Waals surface area contributed by atoms with Crippen molar-refractivity contribution < 1.29 is 13.5 Å². The quantitative estimate of drug-likeness (QED) is 0.756. The lowest BCUT2D eigenvalue weighted by Crippen LogP contribution is -2.07. The predicted octanol–water partition coefficient (Wildman–Crippen LogP) is 4.09. The third kappa shape index (κ3) is 4.25. The van der Waals surface area contributed by atoms with Crippen LogP contribution in [0.15, 0.2) is 29.0 Å². The minimum atomic E-state index is -0.675. The fourth-order valence-corrected chi connectivity index (χ4v) is 2.27. The van der Waals surface area contributed by atoms with Crippen LogP contribution in [-0.4, -0.2) is 22.8 Å². The van der Waals surface area contributed by atoms with Crippen LogP contribution in [0.5, 0.6) is 0 Å².